The second-order valence-electron chi connectivity index (χ2n) is 20.9. The van der Waals surface area contributed by atoms with Gasteiger partial charge in [-0.05, 0) is 74.1 Å². The topological polar surface area (TPSA) is 78.4 Å². The van der Waals surface area contributed by atoms with Crippen molar-refractivity contribution in [1.82, 2.24) is 0 Å². The first-order chi connectivity index (χ1) is 33.2. The van der Waals surface area contributed by atoms with Crippen molar-refractivity contribution in [2.75, 3.05) is 84.8 Å². The molecular formula is C60H104N3O5+. The van der Waals surface area contributed by atoms with Crippen molar-refractivity contribution in [2.24, 2.45) is 4.99 Å². The highest BCUT2D eigenvalue weighted by Crippen LogP contribution is 2.42. The molecule has 0 aromatic heterocycles. The summed E-state index contributed by atoms with van der Waals surface area (Å²) in [4.78, 5) is 17.3. The second-order valence-corrected chi connectivity index (χ2v) is 20.9. The molecule has 0 aliphatic carbocycles. The molecule has 1 aliphatic heterocycles. The number of fused-ring (bicyclic) bond motifs is 1. The van der Waals surface area contributed by atoms with Gasteiger partial charge in [0.1, 0.15) is 6.54 Å². The summed E-state index contributed by atoms with van der Waals surface area (Å²) in [6.45, 7) is 19.3. The van der Waals surface area contributed by atoms with Gasteiger partial charge in [0.2, 0.25) is 0 Å². The number of hydrogen-bond donors (Lipinski definition) is 1. The van der Waals surface area contributed by atoms with E-state index < -0.39 is 0 Å². The van der Waals surface area contributed by atoms with Crippen molar-refractivity contribution in [3.63, 3.8) is 0 Å². The van der Waals surface area contributed by atoms with Gasteiger partial charge >= 0.3 is 5.97 Å². The number of ether oxygens (including phenoxy) is 4. The molecule has 0 spiro atoms. The maximum absolute atomic E-state index is 12.4. The summed E-state index contributed by atoms with van der Waals surface area (Å²) >= 11 is 0. The van der Waals surface area contributed by atoms with Crippen LogP contribution in [0.2, 0.25) is 0 Å². The van der Waals surface area contributed by atoms with E-state index in [0.29, 0.717) is 51.7 Å². The number of esters is 1. The number of nitrogens with zero attached hydrogens (tertiary/aromatic N) is 2. The zero-order chi connectivity index (χ0) is 48.8. The van der Waals surface area contributed by atoms with Gasteiger partial charge in [-0.3, -0.25) is 4.99 Å². The van der Waals surface area contributed by atoms with Crippen molar-refractivity contribution in [2.45, 2.75) is 220 Å². The Balaban J connectivity index is 1.24. The monoisotopic (exact) mass is 947 g/mol. The second kappa shape index (κ2) is 38.0. The number of nitrogens with one attached hydrogen (secondary N) is 1. The van der Waals surface area contributed by atoms with Crippen LogP contribution in [0, 0.1) is 0 Å². The fourth-order valence-corrected chi connectivity index (χ4v) is 9.84. The summed E-state index contributed by atoms with van der Waals surface area (Å²) in [6.07, 6.45) is 39.6. The lowest BCUT2D eigenvalue weighted by Crippen LogP contribution is -2.47. The van der Waals surface area contributed by atoms with Crippen LogP contribution in [-0.2, 0) is 24.4 Å². The molecule has 1 aliphatic rings. The smallest absolute Gasteiger partial charge is 0.338 e. The minimum absolute atomic E-state index is 0.297. The molecule has 0 saturated carbocycles. The highest BCUT2D eigenvalue weighted by molar-refractivity contribution is 6.12. The average molecular weight is 948 g/mol. The minimum Gasteiger partial charge on any atom is -0.462 e. The van der Waals surface area contributed by atoms with E-state index in [2.05, 4.69) is 64.3 Å². The van der Waals surface area contributed by atoms with Crippen LogP contribution in [0.15, 0.2) is 47.5 Å². The molecule has 68 heavy (non-hydrogen) atoms. The Hall–Kier alpha value is -2.78. The first kappa shape index (κ1) is 59.5. The van der Waals surface area contributed by atoms with Gasteiger partial charge in [-0.15, -0.1) is 0 Å². The Kier molecular flexibility index (Phi) is 33.2. The Morgan fingerprint density at radius 3 is 1.41 bits per heavy atom. The van der Waals surface area contributed by atoms with Crippen molar-refractivity contribution >= 4 is 23.1 Å². The minimum atomic E-state index is -0.328. The summed E-state index contributed by atoms with van der Waals surface area (Å²) in [5, 5.41) is 3.46. The van der Waals surface area contributed by atoms with Gasteiger partial charge in [-0.2, -0.15) is 0 Å². The molecule has 2 aromatic carbocycles. The number of unbranched alkanes of at least 4 members (excludes halogenated alkanes) is 26. The largest absolute Gasteiger partial charge is 0.462 e. The average Bonchev–Trinajstić information content (AvgIpc) is 3.61. The summed E-state index contributed by atoms with van der Waals surface area (Å²) in [5.41, 5.74) is 5.29. The molecule has 0 unspecified atom stereocenters. The molecule has 8 nitrogen and oxygen atoms in total. The molecule has 8 heteroatoms. The molecular weight excluding hydrogens is 843 g/mol. The number of benzene rings is 2. The summed E-state index contributed by atoms with van der Waals surface area (Å²) in [7, 11) is 2.49. The Bertz CT molecular complexity index is 1540. The molecule has 2 aromatic rings. The predicted octanol–water partition coefficient (Wildman–Crippen LogP) is 16.1. The number of aliphatic imine (C=N–C) groups is 1. The molecule has 0 fully saturated rings. The third kappa shape index (κ3) is 25.9. The van der Waals surface area contributed by atoms with E-state index in [9.17, 15) is 4.79 Å². The quantitative estimate of drug-likeness (QED) is 0.0405. The van der Waals surface area contributed by atoms with E-state index in [-0.39, 0.29) is 11.4 Å². The van der Waals surface area contributed by atoms with Crippen LogP contribution in [0.5, 0.6) is 0 Å². The first-order valence-electron chi connectivity index (χ1n) is 28.6. The molecule has 388 valence electrons. The van der Waals surface area contributed by atoms with E-state index in [1.165, 1.54) is 193 Å². The molecule has 0 atom stereocenters. The number of carbonyl (C=O) groups is 1. The van der Waals surface area contributed by atoms with Crippen LogP contribution in [0.25, 0.3) is 0 Å². The van der Waals surface area contributed by atoms with Gasteiger partial charge in [0, 0.05) is 17.6 Å². The lowest BCUT2D eigenvalue weighted by molar-refractivity contribution is -0.910. The molecule has 0 amide bonds. The fraction of sp³-hybridized carbons (Fsp3) is 0.767. The molecule has 0 bridgehead atoms. The number of anilines is 1. The summed E-state index contributed by atoms with van der Waals surface area (Å²) in [6, 6.07) is 14.0. The lowest BCUT2D eigenvalue weighted by atomic mass is 9.78. The SMILES string of the molecule is CCCCCCCCCCCCCCCC[N+](C)(CCCCCCCCCCCCCCCC)CCOCCOCCOCCNc1ccc(C2=Nc3ccc(C(=O)OCC)cc3C2(C)C)cc1. The normalized spacial score (nSPS) is 13.2. The van der Waals surface area contributed by atoms with Crippen LogP contribution in [0.3, 0.4) is 0 Å². The Morgan fingerprint density at radius 2 is 0.956 bits per heavy atom. The molecule has 0 radical (unpaired) electrons. The highest BCUT2D eigenvalue weighted by Gasteiger charge is 2.36. The molecule has 3 rings (SSSR count). The van der Waals surface area contributed by atoms with Crippen molar-refractivity contribution in [3.8, 4) is 0 Å². The van der Waals surface area contributed by atoms with Gasteiger partial charge < -0.3 is 28.7 Å². The Morgan fingerprint density at radius 1 is 0.529 bits per heavy atom. The number of likely N-dealkylation sites (N-methyl/N-ethyl adjacent to an activating group) is 1. The zero-order valence-electron chi connectivity index (χ0n) is 45.1. The molecule has 1 heterocycles. The predicted molar refractivity (Wildman–Crippen MR) is 290 cm³/mol. The van der Waals surface area contributed by atoms with Gasteiger partial charge in [-0.25, -0.2) is 4.79 Å². The summed E-state index contributed by atoms with van der Waals surface area (Å²) in [5.74, 6) is -0.297. The molecule has 1 N–H and O–H groups in total. The highest BCUT2D eigenvalue weighted by atomic mass is 16.5. The number of quaternary nitrogens is 1. The number of hydrogen-bond acceptors (Lipinski definition) is 7. The fourth-order valence-electron chi connectivity index (χ4n) is 9.84. The maximum atomic E-state index is 12.4. The van der Waals surface area contributed by atoms with Crippen molar-refractivity contribution in [3.05, 3.63) is 59.2 Å². The maximum Gasteiger partial charge on any atom is 0.338 e. The first-order valence-corrected chi connectivity index (χ1v) is 28.6. The van der Waals surface area contributed by atoms with Crippen LogP contribution < -0.4 is 5.32 Å². The van der Waals surface area contributed by atoms with Gasteiger partial charge in [0.15, 0.2) is 0 Å². The third-order valence-electron chi connectivity index (χ3n) is 14.4. The summed E-state index contributed by atoms with van der Waals surface area (Å²) < 4.78 is 24.2. The van der Waals surface area contributed by atoms with Gasteiger partial charge in [0.05, 0.1) is 83.3 Å². The van der Waals surface area contributed by atoms with E-state index in [4.69, 9.17) is 23.9 Å². The van der Waals surface area contributed by atoms with Gasteiger partial charge in [-0.1, -0.05) is 194 Å². The van der Waals surface area contributed by atoms with E-state index in [1.54, 1.807) is 6.07 Å². The third-order valence-corrected chi connectivity index (χ3v) is 14.4. The molecule has 0 saturated heterocycles. The zero-order valence-corrected chi connectivity index (χ0v) is 45.1. The van der Waals surface area contributed by atoms with Crippen LogP contribution in [0.4, 0.5) is 11.4 Å². The number of rotatable bonds is 46. The van der Waals surface area contributed by atoms with Gasteiger partial charge in [0.25, 0.3) is 0 Å². The van der Waals surface area contributed by atoms with E-state index >= 15 is 0 Å². The van der Waals surface area contributed by atoms with Crippen molar-refractivity contribution < 1.29 is 28.2 Å². The van der Waals surface area contributed by atoms with Crippen LogP contribution in [0.1, 0.15) is 236 Å². The van der Waals surface area contributed by atoms with E-state index in [0.717, 1.165) is 45.8 Å². The van der Waals surface area contributed by atoms with Crippen LogP contribution >= 0.6 is 0 Å². The van der Waals surface area contributed by atoms with Crippen molar-refractivity contribution in [1.29, 1.82) is 0 Å². The Labute approximate surface area is 418 Å². The van der Waals surface area contributed by atoms with Crippen LogP contribution in [-0.4, -0.2) is 95.6 Å². The number of carbonyl (C=O) groups excluding carboxylic acids is 1. The lowest BCUT2D eigenvalue weighted by Gasteiger charge is -2.35. The van der Waals surface area contributed by atoms with E-state index in [1.807, 2.05) is 19.1 Å². The standard InChI is InChI=1S/C60H103N3O5/c1-7-10-12-14-16-18-20-22-24-26-28-30-32-34-43-63(6,44-35-33-31-29-27-25-23-21-19-17-15-13-11-8-2)45-47-66-49-51-67-50-48-65-46-42-61-55-39-36-53(37-40-55)58-60(4,5)56-52-54(59(64)68-9-3)38-41-57(56)62-58/h36-41,52H,7-35,42-51H2,1-6H3/p+1.